The number of rotatable bonds is 5. The maximum Gasteiger partial charge on any atom is 0.295 e. The highest BCUT2D eigenvalue weighted by atomic mass is 79.9. The summed E-state index contributed by atoms with van der Waals surface area (Å²) in [7, 11) is 0. The van der Waals surface area contributed by atoms with E-state index in [0.717, 1.165) is 10.9 Å². The van der Waals surface area contributed by atoms with Gasteiger partial charge in [-0.3, -0.25) is 9.59 Å². The average molecular weight is 465 g/mol. The van der Waals surface area contributed by atoms with Crippen LogP contribution in [0.5, 0.6) is 5.75 Å². The molecule has 146 valence electrons. The molecule has 0 spiro atoms. The molecule has 0 aromatic heterocycles. The number of halogens is 2. The molecule has 1 atom stereocenters. The van der Waals surface area contributed by atoms with E-state index in [2.05, 4.69) is 15.9 Å². The lowest BCUT2D eigenvalue weighted by Crippen LogP contribution is -2.30. The number of phenols is 1. The third-order valence-corrected chi connectivity index (χ3v) is 5.53. The number of carbonyl (C=O) groups is 2. The third-order valence-electron chi connectivity index (χ3n) is 4.70. The quantitative estimate of drug-likeness (QED) is 0.370. The number of nitrogens with zero attached hydrogens (tertiary/aromatic N) is 1. The average Bonchev–Trinajstić information content (AvgIpc) is 2.93. The van der Waals surface area contributed by atoms with Crippen molar-refractivity contribution in [3.8, 4) is 5.75 Å². The van der Waals surface area contributed by atoms with E-state index in [1.165, 1.54) is 17.0 Å². The molecule has 1 saturated heterocycles. The number of aliphatic hydroxyl groups is 1. The van der Waals surface area contributed by atoms with Crippen molar-refractivity contribution in [1.29, 1.82) is 0 Å². The zero-order valence-corrected chi connectivity index (χ0v) is 17.5. The number of phenolic OH excluding ortho intramolecular Hbond substituents is 1. The summed E-state index contributed by atoms with van der Waals surface area (Å²) >= 11 is 9.39. The van der Waals surface area contributed by atoms with Gasteiger partial charge in [0, 0.05) is 16.6 Å². The second-order valence-electron chi connectivity index (χ2n) is 6.56. The SMILES string of the molecule is CCCCN1C(=O)C(=O)/C(=C(\O)c2ccc(Br)cc2)C1c1ccc(O)c(Cl)c1. The summed E-state index contributed by atoms with van der Waals surface area (Å²) in [5.41, 5.74) is 1.01. The molecule has 1 fully saturated rings. The zero-order valence-electron chi connectivity index (χ0n) is 15.2. The number of benzene rings is 2. The first-order valence-corrected chi connectivity index (χ1v) is 10.0. The zero-order chi connectivity index (χ0) is 20.4. The molecule has 0 radical (unpaired) electrons. The van der Waals surface area contributed by atoms with Crippen LogP contribution < -0.4 is 0 Å². The maximum atomic E-state index is 12.8. The van der Waals surface area contributed by atoms with Crippen molar-refractivity contribution in [3.05, 3.63) is 68.7 Å². The van der Waals surface area contributed by atoms with Gasteiger partial charge in [0.25, 0.3) is 11.7 Å². The number of hydrogen-bond donors (Lipinski definition) is 2. The van der Waals surface area contributed by atoms with Crippen LogP contribution >= 0.6 is 27.5 Å². The molecule has 1 amide bonds. The molecular formula is C21H19BrClNO4. The second-order valence-corrected chi connectivity index (χ2v) is 7.89. The van der Waals surface area contributed by atoms with E-state index in [1.54, 1.807) is 30.3 Å². The summed E-state index contributed by atoms with van der Waals surface area (Å²) in [6, 6.07) is 10.6. The molecule has 0 aliphatic carbocycles. The van der Waals surface area contributed by atoms with Crippen LogP contribution in [0.4, 0.5) is 0 Å². The minimum Gasteiger partial charge on any atom is -0.507 e. The summed E-state index contributed by atoms with van der Waals surface area (Å²) in [4.78, 5) is 26.9. The predicted octanol–water partition coefficient (Wildman–Crippen LogP) is 5.03. The standard InChI is InChI=1S/C21H19BrClNO4/c1-2-3-10-24-18(13-6-9-16(25)15(23)11-13)17(20(27)21(24)28)19(26)12-4-7-14(22)8-5-12/h4-9,11,18,25-26H,2-3,10H2,1H3/b19-17-. The van der Waals surface area contributed by atoms with Gasteiger partial charge in [-0.05, 0) is 36.2 Å². The van der Waals surface area contributed by atoms with Gasteiger partial charge in [0.2, 0.25) is 0 Å². The number of likely N-dealkylation sites (tertiary alicyclic amines) is 1. The molecule has 2 aromatic rings. The fourth-order valence-corrected chi connectivity index (χ4v) is 3.70. The van der Waals surface area contributed by atoms with Gasteiger partial charge in [0.1, 0.15) is 11.5 Å². The molecule has 28 heavy (non-hydrogen) atoms. The Kier molecular flexibility index (Phi) is 6.10. The molecule has 1 aliphatic rings. The van der Waals surface area contributed by atoms with E-state index < -0.39 is 17.7 Å². The highest BCUT2D eigenvalue weighted by molar-refractivity contribution is 9.10. The Labute approximate surface area is 176 Å². The molecular weight excluding hydrogens is 446 g/mol. The largest absolute Gasteiger partial charge is 0.507 e. The highest BCUT2D eigenvalue weighted by Gasteiger charge is 2.45. The minimum atomic E-state index is -0.770. The lowest BCUT2D eigenvalue weighted by molar-refractivity contribution is -0.139. The molecule has 1 heterocycles. The van der Waals surface area contributed by atoms with Crippen LogP contribution in [-0.4, -0.2) is 33.3 Å². The van der Waals surface area contributed by atoms with E-state index in [1.807, 2.05) is 6.92 Å². The van der Waals surface area contributed by atoms with Gasteiger partial charge in [-0.2, -0.15) is 0 Å². The van der Waals surface area contributed by atoms with Crippen LogP contribution in [0.3, 0.4) is 0 Å². The van der Waals surface area contributed by atoms with Crippen molar-refractivity contribution in [2.24, 2.45) is 0 Å². The van der Waals surface area contributed by atoms with Crippen molar-refractivity contribution in [2.45, 2.75) is 25.8 Å². The monoisotopic (exact) mass is 463 g/mol. The predicted molar refractivity (Wildman–Crippen MR) is 111 cm³/mol. The number of unbranched alkanes of at least 4 members (excludes halogenated alkanes) is 1. The van der Waals surface area contributed by atoms with Gasteiger partial charge >= 0.3 is 0 Å². The van der Waals surface area contributed by atoms with Gasteiger partial charge in [-0.25, -0.2) is 0 Å². The van der Waals surface area contributed by atoms with E-state index in [4.69, 9.17) is 11.6 Å². The maximum absolute atomic E-state index is 12.8. The van der Waals surface area contributed by atoms with Crippen LogP contribution in [0.15, 0.2) is 52.5 Å². The molecule has 0 saturated carbocycles. The Morgan fingerprint density at radius 3 is 2.46 bits per heavy atom. The van der Waals surface area contributed by atoms with E-state index in [0.29, 0.717) is 24.1 Å². The van der Waals surface area contributed by atoms with E-state index in [-0.39, 0.29) is 22.1 Å². The number of ketones is 1. The summed E-state index contributed by atoms with van der Waals surface area (Å²) in [5, 5.41) is 20.7. The van der Waals surface area contributed by atoms with Crippen LogP contribution in [0.25, 0.3) is 5.76 Å². The van der Waals surface area contributed by atoms with Gasteiger partial charge in [-0.1, -0.05) is 59.1 Å². The van der Waals surface area contributed by atoms with E-state index in [9.17, 15) is 19.8 Å². The number of carbonyl (C=O) groups excluding carboxylic acids is 2. The normalized spacial score (nSPS) is 18.7. The Hall–Kier alpha value is -2.31. The lowest BCUT2D eigenvalue weighted by Gasteiger charge is -2.25. The lowest BCUT2D eigenvalue weighted by atomic mass is 9.95. The molecule has 0 bridgehead atoms. The number of aliphatic hydroxyl groups excluding tert-OH is 1. The molecule has 5 nitrogen and oxygen atoms in total. The number of aromatic hydroxyl groups is 1. The smallest absolute Gasteiger partial charge is 0.295 e. The molecule has 7 heteroatoms. The number of Topliss-reactive ketones (excluding diaryl/α,β-unsaturated/α-hetero) is 1. The Balaban J connectivity index is 2.17. The van der Waals surface area contributed by atoms with Crippen molar-refractivity contribution < 1.29 is 19.8 Å². The number of hydrogen-bond acceptors (Lipinski definition) is 4. The molecule has 2 aromatic carbocycles. The Morgan fingerprint density at radius 2 is 1.86 bits per heavy atom. The second kappa shape index (κ2) is 8.37. The third kappa shape index (κ3) is 3.80. The van der Waals surface area contributed by atoms with Gasteiger partial charge in [0.15, 0.2) is 0 Å². The summed E-state index contributed by atoms with van der Waals surface area (Å²) < 4.78 is 0.828. The van der Waals surface area contributed by atoms with E-state index >= 15 is 0 Å². The Bertz CT molecular complexity index is 955. The summed E-state index contributed by atoms with van der Waals surface area (Å²) in [6.07, 6.45) is 1.56. The van der Waals surface area contributed by atoms with Gasteiger partial charge in [-0.15, -0.1) is 0 Å². The van der Waals surface area contributed by atoms with Crippen molar-refractivity contribution >= 4 is 45.0 Å². The molecule has 3 rings (SSSR count). The molecule has 1 unspecified atom stereocenters. The van der Waals surface area contributed by atoms with Crippen molar-refractivity contribution in [1.82, 2.24) is 4.90 Å². The van der Waals surface area contributed by atoms with Crippen LogP contribution in [-0.2, 0) is 9.59 Å². The highest BCUT2D eigenvalue weighted by Crippen LogP contribution is 2.41. The van der Waals surface area contributed by atoms with Crippen molar-refractivity contribution in [2.75, 3.05) is 6.54 Å². The van der Waals surface area contributed by atoms with Gasteiger partial charge < -0.3 is 15.1 Å². The number of amides is 1. The van der Waals surface area contributed by atoms with Crippen LogP contribution in [0, 0.1) is 0 Å². The first-order valence-electron chi connectivity index (χ1n) is 8.88. The van der Waals surface area contributed by atoms with Crippen LogP contribution in [0.1, 0.15) is 36.9 Å². The molecule has 2 N–H and O–H groups in total. The van der Waals surface area contributed by atoms with Gasteiger partial charge in [0.05, 0.1) is 16.6 Å². The Morgan fingerprint density at radius 1 is 1.18 bits per heavy atom. The fourth-order valence-electron chi connectivity index (χ4n) is 3.24. The van der Waals surface area contributed by atoms with Crippen molar-refractivity contribution in [3.63, 3.8) is 0 Å². The first-order chi connectivity index (χ1) is 13.3. The summed E-state index contributed by atoms with van der Waals surface area (Å²) in [5.74, 6) is -1.71. The minimum absolute atomic E-state index is 0.0187. The topological polar surface area (TPSA) is 77.8 Å². The van der Waals surface area contributed by atoms with Crippen LogP contribution in [0.2, 0.25) is 5.02 Å². The molecule has 1 aliphatic heterocycles. The first kappa shape index (κ1) is 20.4. The fraction of sp³-hybridized carbons (Fsp3) is 0.238. The summed E-state index contributed by atoms with van der Waals surface area (Å²) in [6.45, 7) is 2.37.